The summed E-state index contributed by atoms with van der Waals surface area (Å²) < 4.78 is 9.00. The molecule has 4 aromatic rings. The number of methoxy groups -OCH3 is 1. The highest BCUT2D eigenvalue weighted by molar-refractivity contribution is 5.96. The van der Waals surface area contributed by atoms with E-state index in [4.69, 9.17) is 4.74 Å². The van der Waals surface area contributed by atoms with Crippen LogP contribution in [0.25, 0.3) is 22.6 Å². The second kappa shape index (κ2) is 6.77. The Hall–Kier alpha value is -3.61. The molecule has 1 fully saturated rings. The molecular formula is C22H21N5O2. The molecule has 1 amide bonds. The molecular weight excluding hydrogens is 366 g/mol. The minimum atomic E-state index is -0.0168. The normalized spacial score (nSPS) is 13.6. The highest BCUT2D eigenvalue weighted by Crippen LogP contribution is 2.27. The lowest BCUT2D eigenvalue weighted by Crippen LogP contribution is -2.25. The van der Waals surface area contributed by atoms with Crippen LogP contribution >= 0.6 is 0 Å². The molecule has 0 atom stereocenters. The van der Waals surface area contributed by atoms with Gasteiger partial charge in [0.15, 0.2) is 5.82 Å². The molecule has 1 aromatic carbocycles. The maximum absolute atomic E-state index is 12.4. The van der Waals surface area contributed by atoms with Crippen LogP contribution < -0.4 is 10.1 Å². The van der Waals surface area contributed by atoms with E-state index in [1.54, 1.807) is 18.0 Å². The highest BCUT2D eigenvalue weighted by Gasteiger charge is 2.24. The smallest absolute Gasteiger partial charge is 0.251 e. The van der Waals surface area contributed by atoms with Crippen molar-refractivity contribution in [2.24, 2.45) is 0 Å². The van der Waals surface area contributed by atoms with E-state index in [0.29, 0.717) is 11.6 Å². The number of imidazole rings is 1. The quantitative estimate of drug-likeness (QED) is 0.570. The molecule has 146 valence electrons. The fourth-order valence-electron chi connectivity index (χ4n) is 3.40. The van der Waals surface area contributed by atoms with Crippen molar-refractivity contribution in [1.82, 2.24) is 24.5 Å². The lowest BCUT2D eigenvalue weighted by Gasteiger charge is -2.08. The first kappa shape index (κ1) is 17.5. The number of aromatic nitrogens is 4. The number of benzene rings is 1. The summed E-state index contributed by atoms with van der Waals surface area (Å²) in [5.74, 6) is 1.57. The lowest BCUT2D eigenvalue weighted by molar-refractivity contribution is 0.0951. The maximum atomic E-state index is 12.4. The molecule has 0 radical (unpaired) electrons. The molecule has 1 aliphatic rings. The van der Waals surface area contributed by atoms with E-state index >= 15 is 0 Å². The number of hydrogen-bond acceptors (Lipinski definition) is 4. The van der Waals surface area contributed by atoms with Gasteiger partial charge in [-0.25, -0.2) is 9.67 Å². The van der Waals surface area contributed by atoms with Crippen LogP contribution in [0.4, 0.5) is 0 Å². The van der Waals surface area contributed by atoms with Gasteiger partial charge in [0.05, 0.1) is 19.5 Å². The standard InChI is InChI=1S/C22H21N5O2/c1-14-3-4-15(22(28)25-17-5-6-17)9-19(14)16-11-24-27(13-16)21-12-23-20-10-18(29-2)7-8-26(20)21/h3-4,7-13,17H,5-6H2,1-2H3,(H,25,28). The first-order valence-corrected chi connectivity index (χ1v) is 9.60. The van der Waals surface area contributed by atoms with Crippen molar-refractivity contribution in [2.45, 2.75) is 25.8 Å². The summed E-state index contributed by atoms with van der Waals surface area (Å²) >= 11 is 0. The van der Waals surface area contributed by atoms with Crippen LogP contribution in [0, 0.1) is 6.92 Å². The third kappa shape index (κ3) is 3.24. The number of aryl methyl sites for hydroxylation is 1. The Morgan fingerprint density at radius 3 is 2.86 bits per heavy atom. The van der Waals surface area contributed by atoms with Gasteiger partial charge < -0.3 is 10.1 Å². The Balaban J connectivity index is 1.49. The van der Waals surface area contributed by atoms with Crippen molar-refractivity contribution in [2.75, 3.05) is 7.11 Å². The molecule has 0 unspecified atom stereocenters. The van der Waals surface area contributed by atoms with E-state index in [0.717, 1.165) is 46.7 Å². The predicted molar refractivity (Wildman–Crippen MR) is 110 cm³/mol. The molecule has 0 aliphatic heterocycles. The number of nitrogens with zero attached hydrogens (tertiary/aromatic N) is 4. The van der Waals surface area contributed by atoms with Gasteiger partial charge in [0.1, 0.15) is 11.4 Å². The number of rotatable bonds is 5. The van der Waals surface area contributed by atoms with E-state index in [2.05, 4.69) is 15.4 Å². The zero-order valence-corrected chi connectivity index (χ0v) is 16.3. The fraction of sp³-hybridized carbons (Fsp3) is 0.227. The number of fused-ring (bicyclic) bond motifs is 1. The number of pyridine rings is 1. The summed E-state index contributed by atoms with van der Waals surface area (Å²) in [6, 6.07) is 9.89. The molecule has 0 spiro atoms. The number of carbonyl (C=O) groups is 1. The number of hydrogen-bond donors (Lipinski definition) is 1. The molecule has 3 aromatic heterocycles. The first-order chi connectivity index (χ1) is 14.1. The Kier molecular flexibility index (Phi) is 4.08. The summed E-state index contributed by atoms with van der Waals surface area (Å²) in [7, 11) is 1.64. The predicted octanol–water partition coefficient (Wildman–Crippen LogP) is 3.40. The molecule has 3 heterocycles. The molecule has 5 rings (SSSR count). The van der Waals surface area contributed by atoms with Crippen molar-refractivity contribution >= 4 is 11.6 Å². The number of nitrogens with one attached hydrogen (secondary N) is 1. The van der Waals surface area contributed by atoms with Crippen LogP contribution in [-0.2, 0) is 0 Å². The minimum Gasteiger partial charge on any atom is -0.497 e. The third-order valence-electron chi connectivity index (χ3n) is 5.24. The van der Waals surface area contributed by atoms with Gasteiger partial charge in [-0.05, 0) is 49.1 Å². The molecule has 7 nitrogen and oxygen atoms in total. The lowest BCUT2D eigenvalue weighted by atomic mass is 10.0. The Labute approximate surface area is 167 Å². The summed E-state index contributed by atoms with van der Waals surface area (Å²) in [6.45, 7) is 2.04. The fourth-order valence-corrected chi connectivity index (χ4v) is 3.40. The number of carbonyl (C=O) groups excluding carboxylic acids is 1. The van der Waals surface area contributed by atoms with Crippen molar-refractivity contribution in [1.29, 1.82) is 0 Å². The van der Waals surface area contributed by atoms with Crippen molar-refractivity contribution in [3.05, 3.63) is 66.2 Å². The topological polar surface area (TPSA) is 73.5 Å². The average molecular weight is 387 g/mol. The number of amides is 1. The molecule has 1 aliphatic carbocycles. The zero-order valence-electron chi connectivity index (χ0n) is 16.3. The molecule has 1 saturated carbocycles. The SMILES string of the molecule is COc1ccn2c(-n3cc(-c4cc(C(=O)NC5CC5)ccc4C)cn3)cnc2c1. The highest BCUT2D eigenvalue weighted by atomic mass is 16.5. The van der Waals surface area contributed by atoms with Crippen molar-refractivity contribution in [3.8, 4) is 22.7 Å². The van der Waals surface area contributed by atoms with E-state index in [-0.39, 0.29) is 5.91 Å². The van der Waals surface area contributed by atoms with Gasteiger partial charge in [0.2, 0.25) is 0 Å². The summed E-state index contributed by atoms with van der Waals surface area (Å²) in [4.78, 5) is 16.9. The second-order valence-corrected chi connectivity index (χ2v) is 7.36. The van der Waals surface area contributed by atoms with Crippen molar-refractivity contribution < 1.29 is 9.53 Å². The van der Waals surface area contributed by atoms with Gasteiger partial charge in [0.25, 0.3) is 5.91 Å². The van der Waals surface area contributed by atoms with Crippen molar-refractivity contribution in [3.63, 3.8) is 0 Å². The van der Waals surface area contributed by atoms with Crippen LogP contribution in [0.2, 0.25) is 0 Å². The molecule has 29 heavy (non-hydrogen) atoms. The Bertz CT molecular complexity index is 1220. The monoisotopic (exact) mass is 387 g/mol. The van der Waals surface area contributed by atoms with Crippen LogP contribution in [0.5, 0.6) is 5.75 Å². The third-order valence-corrected chi connectivity index (χ3v) is 5.24. The maximum Gasteiger partial charge on any atom is 0.251 e. The molecule has 0 bridgehead atoms. The van der Waals surface area contributed by atoms with Crippen LogP contribution in [0.1, 0.15) is 28.8 Å². The van der Waals surface area contributed by atoms with E-state index < -0.39 is 0 Å². The first-order valence-electron chi connectivity index (χ1n) is 9.60. The van der Waals surface area contributed by atoms with Crippen LogP contribution in [0.3, 0.4) is 0 Å². The zero-order chi connectivity index (χ0) is 20.0. The second-order valence-electron chi connectivity index (χ2n) is 7.36. The van der Waals surface area contributed by atoms with E-state index in [1.165, 1.54) is 0 Å². The molecule has 0 saturated heterocycles. The van der Waals surface area contributed by atoms with Crippen LogP contribution in [0.15, 0.2) is 55.1 Å². The number of ether oxygens (including phenoxy) is 1. The summed E-state index contributed by atoms with van der Waals surface area (Å²) in [5, 5.41) is 7.57. The minimum absolute atomic E-state index is 0.0168. The van der Waals surface area contributed by atoms with Crippen LogP contribution in [-0.4, -0.2) is 38.2 Å². The van der Waals surface area contributed by atoms with Gasteiger partial charge in [-0.2, -0.15) is 5.10 Å². The van der Waals surface area contributed by atoms with Gasteiger partial charge in [0, 0.05) is 35.6 Å². The van der Waals surface area contributed by atoms with E-state index in [9.17, 15) is 4.79 Å². The van der Waals surface area contributed by atoms with Gasteiger partial charge >= 0.3 is 0 Å². The average Bonchev–Trinajstić information content (AvgIpc) is 3.25. The largest absolute Gasteiger partial charge is 0.497 e. The Morgan fingerprint density at radius 1 is 1.21 bits per heavy atom. The van der Waals surface area contributed by atoms with Gasteiger partial charge in [-0.1, -0.05) is 6.07 Å². The molecule has 7 heteroatoms. The van der Waals surface area contributed by atoms with Gasteiger partial charge in [-0.3, -0.25) is 9.20 Å². The van der Waals surface area contributed by atoms with Gasteiger partial charge in [-0.15, -0.1) is 0 Å². The molecule has 1 N–H and O–H groups in total. The Morgan fingerprint density at radius 2 is 2.07 bits per heavy atom. The summed E-state index contributed by atoms with van der Waals surface area (Å²) in [6.07, 6.45) is 9.60. The summed E-state index contributed by atoms with van der Waals surface area (Å²) in [5.41, 5.74) is 4.50. The van der Waals surface area contributed by atoms with E-state index in [1.807, 2.05) is 60.2 Å².